The maximum Gasteiger partial charge on any atom is 0.326 e. The Bertz CT molecular complexity index is 493. The molecule has 0 aromatic heterocycles. The highest BCUT2D eigenvalue weighted by molar-refractivity contribution is 5.86. The molecule has 0 aliphatic carbocycles. The van der Waals surface area contributed by atoms with Crippen LogP contribution in [-0.2, 0) is 9.59 Å². The summed E-state index contributed by atoms with van der Waals surface area (Å²) in [5.74, 6) is -0.731. The van der Waals surface area contributed by atoms with Gasteiger partial charge in [-0.1, -0.05) is 6.07 Å². The third-order valence-corrected chi connectivity index (χ3v) is 3.10. The van der Waals surface area contributed by atoms with E-state index >= 15 is 0 Å². The zero-order chi connectivity index (χ0) is 16.4. The molecule has 1 unspecified atom stereocenters. The lowest BCUT2D eigenvalue weighted by Crippen LogP contribution is -2.43. The maximum absolute atomic E-state index is 11.8. The molecular formula is C15H23N3O4. The molecular weight excluding hydrogens is 286 g/mol. The molecule has 0 spiro atoms. The minimum atomic E-state index is -1.04. The van der Waals surface area contributed by atoms with Crippen LogP contribution in [0.15, 0.2) is 24.3 Å². The SMILES string of the molecule is COc1cccc(NCC(=O)NC(CCCCN)C(=O)O)c1. The van der Waals surface area contributed by atoms with Crippen LogP contribution in [0.25, 0.3) is 0 Å². The largest absolute Gasteiger partial charge is 0.497 e. The van der Waals surface area contributed by atoms with E-state index in [1.807, 2.05) is 0 Å². The van der Waals surface area contributed by atoms with Crippen molar-refractivity contribution < 1.29 is 19.4 Å². The van der Waals surface area contributed by atoms with E-state index in [4.69, 9.17) is 15.6 Å². The Morgan fingerprint density at radius 3 is 2.77 bits per heavy atom. The highest BCUT2D eigenvalue weighted by Gasteiger charge is 2.18. The fraction of sp³-hybridized carbons (Fsp3) is 0.467. The second kappa shape index (κ2) is 9.62. The lowest BCUT2D eigenvalue weighted by Gasteiger charge is -2.15. The number of anilines is 1. The maximum atomic E-state index is 11.8. The molecule has 1 aromatic rings. The van der Waals surface area contributed by atoms with Crippen LogP contribution in [0.3, 0.4) is 0 Å². The van der Waals surface area contributed by atoms with Crippen molar-refractivity contribution in [3.05, 3.63) is 24.3 Å². The molecule has 7 heteroatoms. The zero-order valence-corrected chi connectivity index (χ0v) is 12.7. The van der Waals surface area contributed by atoms with Crippen LogP contribution in [0.1, 0.15) is 19.3 Å². The first kappa shape index (κ1) is 17.8. The molecule has 0 bridgehead atoms. The van der Waals surface area contributed by atoms with Gasteiger partial charge in [0.25, 0.3) is 0 Å². The molecule has 0 aliphatic rings. The van der Waals surface area contributed by atoms with Crippen LogP contribution in [0.5, 0.6) is 5.75 Å². The third kappa shape index (κ3) is 6.45. The number of carboxylic acids is 1. The molecule has 0 radical (unpaired) electrons. The fourth-order valence-corrected chi connectivity index (χ4v) is 1.91. The molecule has 22 heavy (non-hydrogen) atoms. The number of benzene rings is 1. The number of nitrogens with one attached hydrogen (secondary N) is 2. The number of methoxy groups -OCH3 is 1. The van der Waals surface area contributed by atoms with Crippen LogP contribution in [0, 0.1) is 0 Å². The highest BCUT2D eigenvalue weighted by atomic mass is 16.5. The van der Waals surface area contributed by atoms with E-state index in [-0.39, 0.29) is 12.5 Å². The number of hydrogen-bond acceptors (Lipinski definition) is 5. The molecule has 1 aromatic carbocycles. The van der Waals surface area contributed by atoms with Crippen LogP contribution < -0.4 is 21.1 Å². The first-order chi connectivity index (χ1) is 10.6. The van der Waals surface area contributed by atoms with E-state index in [0.29, 0.717) is 25.1 Å². The van der Waals surface area contributed by atoms with Gasteiger partial charge in [-0.3, -0.25) is 4.79 Å². The van der Waals surface area contributed by atoms with Crippen molar-refractivity contribution in [2.24, 2.45) is 5.73 Å². The lowest BCUT2D eigenvalue weighted by molar-refractivity contribution is -0.141. The molecule has 1 rings (SSSR count). The van der Waals surface area contributed by atoms with Gasteiger partial charge >= 0.3 is 5.97 Å². The zero-order valence-electron chi connectivity index (χ0n) is 12.7. The molecule has 0 saturated carbocycles. The number of rotatable bonds is 10. The van der Waals surface area contributed by atoms with Crippen molar-refractivity contribution in [3.8, 4) is 5.75 Å². The van der Waals surface area contributed by atoms with E-state index < -0.39 is 12.0 Å². The second-order valence-electron chi connectivity index (χ2n) is 4.83. The van der Waals surface area contributed by atoms with Gasteiger partial charge in [-0.25, -0.2) is 4.79 Å². The number of amides is 1. The molecule has 0 heterocycles. The standard InChI is InChI=1S/C15H23N3O4/c1-22-12-6-4-5-11(9-12)17-10-14(19)18-13(15(20)21)7-2-3-8-16/h4-6,9,13,17H,2-3,7-8,10,16H2,1H3,(H,18,19)(H,20,21). The molecule has 0 saturated heterocycles. The van der Waals surface area contributed by atoms with Gasteiger partial charge in [-0.15, -0.1) is 0 Å². The average molecular weight is 309 g/mol. The van der Waals surface area contributed by atoms with Crippen molar-refractivity contribution in [1.29, 1.82) is 0 Å². The summed E-state index contributed by atoms with van der Waals surface area (Å²) in [7, 11) is 1.56. The lowest BCUT2D eigenvalue weighted by atomic mass is 10.1. The van der Waals surface area contributed by atoms with Crippen molar-refractivity contribution in [2.75, 3.05) is 25.5 Å². The summed E-state index contributed by atoms with van der Waals surface area (Å²) in [5.41, 5.74) is 6.10. The Morgan fingerprint density at radius 2 is 2.14 bits per heavy atom. The van der Waals surface area contributed by atoms with Crippen LogP contribution in [0.2, 0.25) is 0 Å². The third-order valence-electron chi connectivity index (χ3n) is 3.10. The molecule has 1 amide bonds. The van der Waals surface area contributed by atoms with Crippen molar-refractivity contribution in [1.82, 2.24) is 5.32 Å². The van der Waals surface area contributed by atoms with E-state index in [2.05, 4.69) is 10.6 Å². The Hall–Kier alpha value is -2.28. The van der Waals surface area contributed by atoms with Gasteiger partial charge in [0.15, 0.2) is 0 Å². The number of unbranched alkanes of at least 4 members (excludes halogenated alkanes) is 1. The second-order valence-corrected chi connectivity index (χ2v) is 4.83. The topological polar surface area (TPSA) is 114 Å². The Labute approximate surface area is 129 Å². The quantitative estimate of drug-likeness (QED) is 0.476. The van der Waals surface area contributed by atoms with E-state index in [1.54, 1.807) is 31.4 Å². The summed E-state index contributed by atoms with van der Waals surface area (Å²) in [6.45, 7) is 0.505. The van der Waals surface area contributed by atoms with Gasteiger partial charge in [0.1, 0.15) is 11.8 Å². The van der Waals surface area contributed by atoms with E-state index in [1.165, 1.54) is 0 Å². The number of carbonyl (C=O) groups excluding carboxylic acids is 1. The number of ether oxygens (including phenoxy) is 1. The number of aliphatic carboxylic acids is 1. The van der Waals surface area contributed by atoms with Crippen molar-refractivity contribution in [3.63, 3.8) is 0 Å². The summed E-state index contributed by atoms with van der Waals surface area (Å²) in [5, 5.41) is 14.5. The van der Waals surface area contributed by atoms with E-state index in [9.17, 15) is 9.59 Å². The molecule has 1 atom stereocenters. The van der Waals surface area contributed by atoms with Crippen LogP contribution in [-0.4, -0.2) is 43.2 Å². The van der Waals surface area contributed by atoms with Crippen LogP contribution in [0.4, 0.5) is 5.69 Å². The monoisotopic (exact) mass is 309 g/mol. The fourth-order valence-electron chi connectivity index (χ4n) is 1.91. The smallest absolute Gasteiger partial charge is 0.326 e. The normalized spacial score (nSPS) is 11.5. The number of nitrogens with two attached hydrogens (primary N) is 1. The molecule has 0 aliphatic heterocycles. The van der Waals surface area contributed by atoms with Gasteiger partial charge in [0.05, 0.1) is 13.7 Å². The Morgan fingerprint density at radius 1 is 1.36 bits per heavy atom. The minimum absolute atomic E-state index is 0.00611. The van der Waals surface area contributed by atoms with Gasteiger partial charge in [0.2, 0.25) is 5.91 Å². The molecule has 122 valence electrons. The van der Waals surface area contributed by atoms with Crippen molar-refractivity contribution in [2.45, 2.75) is 25.3 Å². The van der Waals surface area contributed by atoms with Gasteiger partial charge in [-0.2, -0.15) is 0 Å². The van der Waals surface area contributed by atoms with E-state index in [0.717, 1.165) is 12.1 Å². The summed E-state index contributed by atoms with van der Waals surface area (Å²) >= 11 is 0. The summed E-state index contributed by atoms with van der Waals surface area (Å²) < 4.78 is 5.08. The molecule has 5 N–H and O–H groups in total. The predicted octanol–water partition coefficient (Wildman–Crippen LogP) is 0.806. The summed E-state index contributed by atoms with van der Waals surface area (Å²) in [4.78, 5) is 22.9. The van der Waals surface area contributed by atoms with Gasteiger partial charge < -0.3 is 26.2 Å². The summed E-state index contributed by atoms with van der Waals surface area (Å²) in [6, 6.07) is 6.26. The number of hydrogen-bond donors (Lipinski definition) is 4. The van der Waals surface area contributed by atoms with Crippen molar-refractivity contribution >= 4 is 17.6 Å². The molecule has 0 fully saturated rings. The first-order valence-electron chi connectivity index (χ1n) is 7.17. The molecule has 7 nitrogen and oxygen atoms in total. The Balaban J connectivity index is 2.44. The summed E-state index contributed by atoms with van der Waals surface area (Å²) in [6.07, 6.45) is 1.77. The predicted molar refractivity (Wildman–Crippen MR) is 84.0 cm³/mol. The number of carboxylic acid groups (broad SMARTS) is 1. The minimum Gasteiger partial charge on any atom is -0.497 e. The van der Waals surface area contributed by atoms with Crippen LogP contribution >= 0.6 is 0 Å². The average Bonchev–Trinajstić information content (AvgIpc) is 2.52. The van der Waals surface area contributed by atoms with Gasteiger partial charge in [-0.05, 0) is 37.9 Å². The highest BCUT2D eigenvalue weighted by Crippen LogP contribution is 2.16. The first-order valence-corrected chi connectivity index (χ1v) is 7.17. The number of carbonyl (C=O) groups is 2. The Kier molecular flexibility index (Phi) is 7.77. The van der Waals surface area contributed by atoms with Gasteiger partial charge in [0, 0.05) is 11.8 Å².